The number of ketones is 1. The highest BCUT2D eigenvalue weighted by molar-refractivity contribution is 6.22. The molecule has 0 atom stereocenters. The van der Waals surface area contributed by atoms with Gasteiger partial charge < -0.3 is 14.6 Å². The second-order valence-electron chi connectivity index (χ2n) is 8.68. The number of aliphatic hydroxyl groups excluding tert-OH is 1. The number of hydrogen-bond acceptors (Lipinski definition) is 6. The third-order valence-electron chi connectivity index (χ3n) is 6.58. The molecule has 6 nitrogen and oxygen atoms in total. The maximum absolute atomic E-state index is 13.2. The summed E-state index contributed by atoms with van der Waals surface area (Å²) in [5.41, 5.74) is 3.54. The third kappa shape index (κ3) is 3.86. The number of carbonyl (C=O) groups is 1. The second kappa shape index (κ2) is 8.36. The summed E-state index contributed by atoms with van der Waals surface area (Å²) >= 11 is 0. The lowest BCUT2D eigenvalue weighted by molar-refractivity contribution is -0.118. The van der Waals surface area contributed by atoms with Crippen LogP contribution in [0.1, 0.15) is 43.7 Å². The van der Waals surface area contributed by atoms with Crippen LogP contribution < -0.4 is 4.74 Å². The van der Waals surface area contributed by atoms with Gasteiger partial charge in [-0.05, 0) is 60.1 Å². The summed E-state index contributed by atoms with van der Waals surface area (Å²) in [6, 6.07) is 13.3. The van der Waals surface area contributed by atoms with Gasteiger partial charge in [-0.2, -0.15) is 0 Å². The van der Waals surface area contributed by atoms with Crippen molar-refractivity contribution < 1.29 is 19.4 Å². The average Bonchev–Trinajstić information content (AvgIpc) is 2.79. The molecule has 1 spiro atoms. The largest absolute Gasteiger partial charge is 0.512 e. The Hall–Kier alpha value is -3.25. The number of aryl methyl sites for hydroxylation is 1. The summed E-state index contributed by atoms with van der Waals surface area (Å²) in [6.45, 7) is 3.33. The molecule has 0 bridgehead atoms. The molecule has 32 heavy (non-hydrogen) atoms. The van der Waals surface area contributed by atoms with Gasteiger partial charge in [0.25, 0.3) is 0 Å². The highest BCUT2D eigenvalue weighted by Crippen LogP contribution is 2.47. The van der Waals surface area contributed by atoms with E-state index in [9.17, 15) is 9.90 Å². The number of fused-ring (bicyclic) bond motifs is 1. The number of allylic oxidation sites excluding steroid dienone is 2. The minimum absolute atomic E-state index is 0.00648. The summed E-state index contributed by atoms with van der Waals surface area (Å²) in [7, 11) is 0. The van der Waals surface area contributed by atoms with Crippen LogP contribution in [0.25, 0.3) is 16.6 Å². The van der Waals surface area contributed by atoms with Crippen molar-refractivity contribution in [2.45, 2.75) is 39.0 Å². The van der Waals surface area contributed by atoms with Crippen LogP contribution in [0, 0.1) is 5.41 Å². The Kier molecular flexibility index (Phi) is 5.39. The van der Waals surface area contributed by atoms with Gasteiger partial charge in [-0.3, -0.25) is 4.79 Å². The Morgan fingerprint density at radius 1 is 1.09 bits per heavy atom. The van der Waals surface area contributed by atoms with Crippen molar-refractivity contribution in [3.8, 4) is 11.6 Å². The Morgan fingerprint density at radius 3 is 2.62 bits per heavy atom. The van der Waals surface area contributed by atoms with E-state index in [0.717, 1.165) is 41.4 Å². The van der Waals surface area contributed by atoms with Crippen molar-refractivity contribution in [3.05, 3.63) is 65.5 Å². The molecular weight excluding hydrogens is 404 g/mol. The summed E-state index contributed by atoms with van der Waals surface area (Å²) < 4.78 is 11.5. The molecule has 0 radical (unpaired) electrons. The van der Waals surface area contributed by atoms with E-state index in [-0.39, 0.29) is 17.0 Å². The van der Waals surface area contributed by atoms with Gasteiger partial charge in [0.15, 0.2) is 5.78 Å². The zero-order valence-electron chi connectivity index (χ0n) is 18.1. The van der Waals surface area contributed by atoms with Crippen molar-refractivity contribution in [1.82, 2.24) is 9.97 Å². The van der Waals surface area contributed by atoms with Crippen LogP contribution in [-0.2, 0) is 16.0 Å². The molecule has 164 valence electrons. The fourth-order valence-electron chi connectivity index (χ4n) is 4.83. The minimum Gasteiger partial charge on any atom is -0.512 e. The van der Waals surface area contributed by atoms with Gasteiger partial charge >= 0.3 is 0 Å². The summed E-state index contributed by atoms with van der Waals surface area (Å²) in [5, 5.41) is 11.0. The van der Waals surface area contributed by atoms with E-state index in [4.69, 9.17) is 9.47 Å². The first-order chi connectivity index (χ1) is 15.6. The van der Waals surface area contributed by atoms with E-state index in [1.807, 2.05) is 49.4 Å². The van der Waals surface area contributed by atoms with Gasteiger partial charge in [0.05, 0.1) is 22.8 Å². The molecule has 2 aromatic carbocycles. The smallest absolute Gasteiger partial charge is 0.238 e. The van der Waals surface area contributed by atoms with E-state index >= 15 is 0 Å². The van der Waals surface area contributed by atoms with Crippen molar-refractivity contribution in [2.75, 3.05) is 13.2 Å². The molecule has 0 unspecified atom stereocenters. The predicted molar refractivity (Wildman–Crippen MR) is 122 cm³/mol. The van der Waals surface area contributed by atoms with Crippen LogP contribution in [0.5, 0.6) is 11.6 Å². The molecule has 1 aliphatic carbocycles. The summed E-state index contributed by atoms with van der Waals surface area (Å²) in [5.74, 6) is 1.11. The third-order valence-corrected chi connectivity index (χ3v) is 6.58. The molecule has 0 amide bonds. The van der Waals surface area contributed by atoms with Gasteiger partial charge in [0.1, 0.15) is 11.5 Å². The fraction of sp³-hybridized carbons (Fsp3) is 0.346. The SMILES string of the molecule is CCc1ccc(Oc2cnc3ccccc3n2)cc1C1=C(O)CC2(CCOCC2)CC1=O. The zero-order chi connectivity index (χ0) is 22.1. The van der Waals surface area contributed by atoms with E-state index in [1.54, 1.807) is 6.20 Å². The first-order valence-electron chi connectivity index (χ1n) is 11.1. The number of benzene rings is 2. The minimum atomic E-state index is -0.176. The molecule has 6 heteroatoms. The summed E-state index contributed by atoms with van der Waals surface area (Å²) in [4.78, 5) is 22.2. The van der Waals surface area contributed by atoms with Gasteiger partial charge in [0, 0.05) is 26.1 Å². The Morgan fingerprint density at radius 2 is 1.88 bits per heavy atom. The highest BCUT2D eigenvalue weighted by atomic mass is 16.5. The molecule has 2 aliphatic rings. The first kappa shape index (κ1) is 20.6. The standard InChI is InChI=1S/C26H26N2O4/c1-2-17-7-8-18(32-24-16-27-20-5-3-4-6-21(20)28-24)13-19(17)25-22(29)14-26(15-23(25)30)9-11-31-12-10-26/h3-8,13,16,29H,2,9-12,14-15H2,1H3. The average molecular weight is 431 g/mol. The Bertz CT molecular complexity index is 1210. The molecule has 1 saturated heterocycles. The number of aliphatic hydroxyl groups is 1. The van der Waals surface area contributed by atoms with Crippen molar-refractivity contribution in [1.29, 1.82) is 0 Å². The van der Waals surface area contributed by atoms with Crippen LogP contribution >= 0.6 is 0 Å². The Balaban J connectivity index is 1.49. The highest BCUT2D eigenvalue weighted by Gasteiger charge is 2.41. The normalized spacial score (nSPS) is 18.3. The molecular formula is C26H26N2O4. The quantitative estimate of drug-likeness (QED) is 0.596. The van der Waals surface area contributed by atoms with E-state index in [1.165, 1.54) is 0 Å². The second-order valence-corrected chi connectivity index (χ2v) is 8.68. The molecule has 5 rings (SSSR count). The topological polar surface area (TPSA) is 81.5 Å². The number of ether oxygens (including phenoxy) is 2. The van der Waals surface area contributed by atoms with Crippen molar-refractivity contribution in [3.63, 3.8) is 0 Å². The lowest BCUT2D eigenvalue weighted by Crippen LogP contribution is -2.36. The van der Waals surface area contributed by atoms with Crippen molar-refractivity contribution in [2.24, 2.45) is 5.41 Å². The molecule has 1 aromatic heterocycles. The number of para-hydroxylation sites is 2. The zero-order valence-corrected chi connectivity index (χ0v) is 18.1. The van der Waals surface area contributed by atoms with Crippen LogP contribution in [0.2, 0.25) is 0 Å². The molecule has 1 aliphatic heterocycles. The molecule has 0 saturated carbocycles. The molecule has 2 heterocycles. The summed E-state index contributed by atoms with van der Waals surface area (Å²) in [6.07, 6.45) is 4.91. The molecule has 3 aromatic rings. The number of aromatic nitrogens is 2. The van der Waals surface area contributed by atoms with Gasteiger partial charge in [0.2, 0.25) is 5.88 Å². The van der Waals surface area contributed by atoms with Gasteiger partial charge in [-0.1, -0.05) is 25.1 Å². The number of rotatable bonds is 4. The number of nitrogens with zero attached hydrogens (tertiary/aromatic N) is 2. The molecule has 1 N–H and O–H groups in total. The fourth-order valence-corrected chi connectivity index (χ4v) is 4.83. The number of Topliss-reactive ketones (excluding diaryl/α,β-unsaturated/α-hetero) is 1. The monoisotopic (exact) mass is 430 g/mol. The number of carbonyl (C=O) groups excluding carboxylic acids is 1. The maximum Gasteiger partial charge on any atom is 0.238 e. The molecule has 1 fully saturated rings. The van der Waals surface area contributed by atoms with E-state index in [0.29, 0.717) is 43.3 Å². The maximum atomic E-state index is 13.2. The number of hydrogen-bond donors (Lipinski definition) is 1. The Labute approximate surface area is 186 Å². The van der Waals surface area contributed by atoms with E-state index in [2.05, 4.69) is 9.97 Å². The van der Waals surface area contributed by atoms with Crippen molar-refractivity contribution >= 4 is 22.4 Å². The van der Waals surface area contributed by atoms with Gasteiger partial charge in [-0.25, -0.2) is 9.97 Å². The van der Waals surface area contributed by atoms with Crippen LogP contribution in [0.15, 0.2) is 54.4 Å². The lowest BCUT2D eigenvalue weighted by Gasteiger charge is -2.39. The van der Waals surface area contributed by atoms with E-state index < -0.39 is 0 Å². The van der Waals surface area contributed by atoms with Gasteiger partial charge in [-0.15, -0.1) is 0 Å². The lowest BCUT2D eigenvalue weighted by atomic mass is 9.67. The predicted octanol–water partition coefficient (Wildman–Crippen LogP) is 5.41. The van der Waals surface area contributed by atoms with Crippen LogP contribution in [0.3, 0.4) is 0 Å². The first-order valence-corrected chi connectivity index (χ1v) is 11.1. The van der Waals surface area contributed by atoms with Crippen LogP contribution in [0.4, 0.5) is 0 Å². The van der Waals surface area contributed by atoms with Crippen LogP contribution in [-0.4, -0.2) is 34.1 Å².